The summed E-state index contributed by atoms with van der Waals surface area (Å²) in [6, 6.07) is 0. The van der Waals surface area contributed by atoms with Crippen LogP contribution < -0.4 is 5.32 Å². The van der Waals surface area contributed by atoms with Crippen molar-refractivity contribution in [3.8, 4) is 0 Å². The van der Waals surface area contributed by atoms with Crippen molar-refractivity contribution in [1.82, 2.24) is 15.4 Å². The van der Waals surface area contributed by atoms with Gasteiger partial charge in [0.15, 0.2) is 0 Å². The summed E-state index contributed by atoms with van der Waals surface area (Å²) in [5.74, 6) is 0.709. The van der Waals surface area contributed by atoms with Gasteiger partial charge in [0.1, 0.15) is 10.8 Å². The second-order valence-electron chi connectivity index (χ2n) is 4.60. The molecule has 7 heteroatoms. The number of carbonyl (C=O) groups excluding carboxylic acids is 1. The number of carbonyl (C=O) groups is 1. The quantitative estimate of drug-likeness (QED) is 0.885. The lowest BCUT2D eigenvalue weighted by atomic mass is 10.1. The SMILES string of the molecule is CCCc1nnc(NC(=O)CCc2c(C)noc2C)s1. The Labute approximate surface area is 121 Å². The molecular weight excluding hydrogens is 276 g/mol. The molecule has 0 aromatic carbocycles. The van der Waals surface area contributed by atoms with Crippen molar-refractivity contribution in [2.24, 2.45) is 0 Å². The average Bonchev–Trinajstić information content (AvgIpc) is 2.96. The number of hydrogen-bond acceptors (Lipinski definition) is 6. The summed E-state index contributed by atoms with van der Waals surface area (Å²) in [7, 11) is 0. The van der Waals surface area contributed by atoms with Gasteiger partial charge in [0.05, 0.1) is 5.69 Å². The molecule has 6 nitrogen and oxygen atoms in total. The van der Waals surface area contributed by atoms with E-state index in [2.05, 4.69) is 27.6 Å². The highest BCUT2D eigenvalue weighted by molar-refractivity contribution is 7.15. The Hall–Kier alpha value is -1.76. The standard InChI is InChI=1S/C13H18N4O2S/c1-4-5-12-15-16-13(20-12)14-11(18)7-6-10-8(2)17-19-9(10)3/h4-7H2,1-3H3,(H,14,16,18). The first-order chi connectivity index (χ1) is 9.60. The van der Waals surface area contributed by atoms with Crippen molar-refractivity contribution in [2.75, 3.05) is 5.32 Å². The first-order valence-electron chi connectivity index (χ1n) is 6.64. The minimum absolute atomic E-state index is 0.0656. The molecule has 0 bridgehead atoms. The van der Waals surface area contributed by atoms with Crippen molar-refractivity contribution in [3.05, 3.63) is 22.0 Å². The van der Waals surface area contributed by atoms with Crippen LogP contribution in [0.4, 0.5) is 5.13 Å². The Bertz CT molecular complexity index is 571. The molecule has 1 amide bonds. The lowest BCUT2D eigenvalue weighted by molar-refractivity contribution is -0.116. The summed E-state index contributed by atoms with van der Waals surface area (Å²) in [6.45, 7) is 5.82. The van der Waals surface area contributed by atoms with Crippen LogP contribution in [-0.4, -0.2) is 21.3 Å². The van der Waals surface area contributed by atoms with E-state index in [1.54, 1.807) is 0 Å². The molecule has 0 fully saturated rings. The highest BCUT2D eigenvalue weighted by atomic mass is 32.1. The number of amides is 1. The summed E-state index contributed by atoms with van der Waals surface area (Å²) in [6.07, 6.45) is 2.92. The maximum atomic E-state index is 11.9. The first kappa shape index (κ1) is 14.6. The van der Waals surface area contributed by atoms with E-state index in [1.165, 1.54) is 11.3 Å². The number of hydrogen-bond donors (Lipinski definition) is 1. The van der Waals surface area contributed by atoms with Crippen LogP contribution in [0.1, 0.15) is 41.8 Å². The van der Waals surface area contributed by atoms with Crippen LogP contribution in [0, 0.1) is 13.8 Å². The molecule has 0 spiro atoms. The number of nitrogens with one attached hydrogen (secondary N) is 1. The Morgan fingerprint density at radius 3 is 2.75 bits per heavy atom. The van der Waals surface area contributed by atoms with Gasteiger partial charge in [-0.1, -0.05) is 23.4 Å². The Morgan fingerprint density at radius 2 is 2.10 bits per heavy atom. The molecule has 20 heavy (non-hydrogen) atoms. The minimum atomic E-state index is -0.0656. The van der Waals surface area contributed by atoms with Crippen LogP contribution in [0.3, 0.4) is 0 Å². The van der Waals surface area contributed by atoms with Crippen LogP contribution in [-0.2, 0) is 17.6 Å². The molecule has 0 aliphatic carbocycles. The highest BCUT2D eigenvalue weighted by Gasteiger charge is 2.12. The maximum absolute atomic E-state index is 11.9. The Morgan fingerprint density at radius 1 is 1.30 bits per heavy atom. The van der Waals surface area contributed by atoms with Crippen molar-refractivity contribution < 1.29 is 9.32 Å². The number of rotatable bonds is 6. The van der Waals surface area contributed by atoms with E-state index >= 15 is 0 Å². The van der Waals surface area contributed by atoms with Crippen LogP contribution in [0.5, 0.6) is 0 Å². The molecular formula is C13H18N4O2S. The average molecular weight is 294 g/mol. The van der Waals surface area contributed by atoms with Gasteiger partial charge in [-0.3, -0.25) is 4.79 Å². The van der Waals surface area contributed by atoms with Gasteiger partial charge in [-0.2, -0.15) is 0 Å². The molecule has 2 rings (SSSR count). The smallest absolute Gasteiger partial charge is 0.226 e. The second kappa shape index (κ2) is 6.60. The molecule has 0 saturated heterocycles. The Balaban J connectivity index is 1.86. The third-order valence-electron chi connectivity index (χ3n) is 2.96. The van der Waals surface area contributed by atoms with E-state index in [9.17, 15) is 4.79 Å². The lowest BCUT2D eigenvalue weighted by Gasteiger charge is -2.01. The summed E-state index contributed by atoms with van der Waals surface area (Å²) in [5, 5.41) is 16.2. The lowest BCUT2D eigenvalue weighted by Crippen LogP contribution is -2.12. The van der Waals surface area contributed by atoms with E-state index in [0.717, 1.165) is 34.9 Å². The molecule has 2 heterocycles. The highest BCUT2D eigenvalue weighted by Crippen LogP contribution is 2.18. The molecule has 108 valence electrons. The van der Waals surface area contributed by atoms with Crippen molar-refractivity contribution in [1.29, 1.82) is 0 Å². The van der Waals surface area contributed by atoms with Gasteiger partial charge in [-0.05, 0) is 26.7 Å². The fraction of sp³-hybridized carbons (Fsp3) is 0.538. The largest absolute Gasteiger partial charge is 0.361 e. The molecule has 0 aliphatic heterocycles. The summed E-state index contributed by atoms with van der Waals surface area (Å²) < 4.78 is 5.07. The zero-order chi connectivity index (χ0) is 14.5. The third kappa shape index (κ3) is 3.63. The first-order valence-corrected chi connectivity index (χ1v) is 7.45. The van der Waals surface area contributed by atoms with Crippen molar-refractivity contribution in [2.45, 2.75) is 46.5 Å². The summed E-state index contributed by atoms with van der Waals surface area (Å²) >= 11 is 1.43. The fourth-order valence-corrected chi connectivity index (χ4v) is 2.76. The van der Waals surface area contributed by atoms with Gasteiger partial charge in [0.2, 0.25) is 11.0 Å². The number of aryl methyl sites for hydroxylation is 3. The minimum Gasteiger partial charge on any atom is -0.361 e. The zero-order valence-corrected chi connectivity index (χ0v) is 12.7. The normalized spacial score (nSPS) is 10.8. The Kier molecular flexibility index (Phi) is 4.84. The fourth-order valence-electron chi connectivity index (χ4n) is 1.90. The van der Waals surface area contributed by atoms with E-state index in [0.29, 0.717) is 18.0 Å². The van der Waals surface area contributed by atoms with Gasteiger partial charge >= 0.3 is 0 Å². The molecule has 0 saturated carbocycles. The van der Waals surface area contributed by atoms with Gasteiger partial charge < -0.3 is 9.84 Å². The molecule has 2 aromatic rings. The van der Waals surface area contributed by atoms with Crippen LogP contribution in [0.2, 0.25) is 0 Å². The predicted octanol–water partition coefficient (Wildman–Crippen LogP) is 2.67. The van der Waals surface area contributed by atoms with E-state index < -0.39 is 0 Å². The molecule has 2 aromatic heterocycles. The van der Waals surface area contributed by atoms with Crippen LogP contribution in [0.15, 0.2) is 4.52 Å². The zero-order valence-electron chi connectivity index (χ0n) is 11.9. The van der Waals surface area contributed by atoms with E-state index in [-0.39, 0.29) is 5.91 Å². The molecule has 0 radical (unpaired) electrons. The predicted molar refractivity (Wildman–Crippen MR) is 76.8 cm³/mol. The second-order valence-corrected chi connectivity index (χ2v) is 5.66. The summed E-state index contributed by atoms with van der Waals surface area (Å²) in [4.78, 5) is 11.9. The molecule has 1 N–H and O–H groups in total. The van der Waals surface area contributed by atoms with Crippen molar-refractivity contribution >= 4 is 22.4 Å². The number of nitrogens with zero attached hydrogens (tertiary/aromatic N) is 3. The third-order valence-corrected chi connectivity index (χ3v) is 3.86. The van der Waals surface area contributed by atoms with Gasteiger partial charge in [0.25, 0.3) is 0 Å². The van der Waals surface area contributed by atoms with Crippen LogP contribution >= 0.6 is 11.3 Å². The summed E-state index contributed by atoms with van der Waals surface area (Å²) in [5.41, 5.74) is 1.85. The van der Waals surface area contributed by atoms with Gasteiger partial charge in [0, 0.05) is 18.4 Å². The monoisotopic (exact) mass is 294 g/mol. The topological polar surface area (TPSA) is 80.9 Å². The molecule has 0 atom stereocenters. The molecule has 0 unspecified atom stereocenters. The van der Waals surface area contributed by atoms with Crippen molar-refractivity contribution in [3.63, 3.8) is 0 Å². The number of aromatic nitrogens is 3. The van der Waals surface area contributed by atoms with Gasteiger partial charge in [-0.25, -0.2) is 0 Å². The molecule has 0 aliphatic rings. The maximum Gasteiger partial charge on any atom is 0.226 e. The van der Waals surface area contributed by atoms with E-state index in [1.807, 2.05) is 13.8 Å². The van der Waals surface area contributed by atoms with E-state index in [4.69, 9.17) is 4.52 Å². The van der Waals surface area contributed by atoms with Gasteiger partial charge in [-0.15, -0.1) is 10.2 Å². The number of anilines is 1. The van der Waals surface area contributed by atoms with Crippen LogP contribution in [0.25, 0.3) is 0 Å².